The first-order chi connectivity index (χ1) is 2.91. The fraction of sp³-hybridized carbons (Fsp3) is 1.00. The Morgan fingerprint density at radius 1 is 1.67 bits per heavy atom. The normalized spacial score (nSPS) is 8.50. The molecule has 1 nitrogen and oxygen atoms in total. The predicted molar refractivity (Wildman–Crippen MR) is 22.2 cm³/mol. The van der Waals surface area contributed by atoms with Gasteiger partial charge in [-0.1, -0.05) is 0 Å². The molecule has 0 spiro atoms. The first-order valence-electron chi connectivity index (χ1n) is 2.16. The number of hydrogen-bond acceptors (Lipinski definition) is 1. The Balaban J connectivity index is 2.49. The molecular weight excluding hydrogens is 126 g/mol. The van der Waals surface area contributed by atoms with E-state index in [-0.39, 0.29) is 0 Å². The summed E-state index contributed by atoms with van der Waals surface area (Å²) in [6.45, 7) is 2.97. The Morgan fingerprint density at radius 3 is 2.50 bits per heavy atom. The Kier molecular flexibility index (Phi) is 5.60. The van der Waals surface area contributed by atoms with Crippen LogP contribution in [-0.4, -0.2) is 6.54 Å². The first-order valence-corrected chi connectivity index (χ1v) is 2.58. The quantitative estimate of drug-likeness (QED) is 0.410. The van der Waals surface area contributed by atoms with Gasteiger partial charge in [-0.05, 0) is 0 Å². The molecule has 0 heterocycles. The second-order valence-electron chi connectivity index (χ2n) is 1.17. The third-order valence-electron chi connectivity index (χ3n) is 0.579. The molecule has 0 aliphatic rings. The second kappa shape index (κ2) is 5.32. The topological polar surface area (TPSA) is 12.4 Å². The molecule has 41 valence electrons. The van der Waals surface area contributed by atoms with Gasteiger partial charge in [-0.25, -0.2) is 0 Å². The monoisotopic (exact) mass is 134 g/mol. The summed E-state index contributed by atoms with van der Waals surface area (Å²) in [4.78, 5) is 0. The summed E-state index contributed by atoms with van der Waals surface area (Å²) in [5.74, 6) is 0. The Labute approximate surface area is 46.7 Å². The number of rotatable bonds is 3. The number of hydrogen-bond donors (Lipinski definition) is 0. The summed E-state index contributed by atoms with van der Waals surface area (Å²) in [5, 5.41) is 0. The zero-order valence-electron chi connectivity index (χ0n) is 3.87. The van der Waals surface area contributed by atoms with E-state index in [0.29, 0.717) is 0 Å². The molecule has 0 aromatic carbocycles. The van der Waals surface area contributed by atoms with Gasteiger partial charge in [-0.2, -0.15) is 0 Å². The summed E-state index contributed by atoms with van der Waals surface area (Å²) < 4.78 is 3.49. The molecule has 2 heteroatoms. The van der Waals surface area contributed by atoms with E-state index in [9.17, 15) is 0 Å². The van der Waals surface area contributed by atoms with Crippen molar-refractivity contribution in [2.45, 2.75) is 19.8 Å². The van der Waals surface area contributed by atoms with Crippen molar-refractivity contribution in [3.05, 3.63) is 0 Å². The van der Waals surface area contributed by atoms with Crippen LogP contribution in [0.3, 0.4) is 0 Å². The van der Waals surface area contributed by atoms with Crippen LogP contribution in [0, 0.1) is 0 Å². The molecule has 0 saturated heterocycles. The molecule has 0 atom stereocenters. The molecule has 0 fully saturated rings. The van der Waals surface area contributed by atoms with Gasteiger partial charge in [0.15, 0.2) is 0 Å². The van der Waals surface area contributed by atoms with Crippen LogP contribution in [0.1, 0.15) is 19.8 Å². The standard InChI is InChI=1S/C4H9N.Cu/c1-2-3-4-5;/h2-4H2,1H3;. The van der Waals surface area contributed by atoms with Crippen molar-refractivity contribution >= 4 is 0 Å². The molecule has 0 radical (unpaired) electrons. The minimum absolute atomic E-state index is 0.844. The van der Waals surface area contributed by atoms with Crippen molar-refractivity contribution < 1.29 is 15.8 Å². The summed E-state index contributed by atoms with van der Waals surface area (Å²) in [7, 11) is 0. The van der Waals surface area contributed by atoms with Crippen molar-refractivity contribution in [3.8, 4) is 0 Å². The van der Waals surface area contributed by atoms with E-state index in [2.05, 4.69) is 26.7 Å². The summed E-state index contributed by atoms with van der Waals surface area (Å²) in [6.07, 6.45) is 2.33. The van der Waals surface area contributed by atoms with Gasteiger partial charge in [0.05, 0.1) is 0 Å². The maximum atomic E-state index is 4.47. The van der Waals surface area contributed by atoms with Gasteiger partial charge in [0.1, 0.15) is 0 Å². The molecule has 0 aliphatic heterocycles. The van der Waals surface area contributed by atoms with Gasteiger partial charge >= 0.3 is 46.1 Å². The molecule has 0 aromatic heterocycles. The van der Waals surface area contributed by atoms with Gasteiger partial charge in [0.25, 0.3) is 0 Å². The molecule has 0 amide bonds. The number of nitrogens with zero attached hydrogens (tertiary/aromatic N) is 1. The molecule has 0 aliphatic carbocycles. The van der Waals surface area contributed by atoms with Gasteiger partial charge in [0, 0.05) is 0 Å². The third kappa shape index (κ3) is 4.32. The summed E-state index contributed by atoms with van der Waals surface area (Å²) in [6, 6.07) is 0. The third-order valence-corrected chi connectivity index (χ3v) is 0.790. The van der Waals surface area contributed by atoms with Crippen molar-refractivity contribution in [1.82, 2.24) is 0 Å². The van der Waals surface area contributed by atoms with Gasteiger partial charge in [0.2, 0.25) is 0 Å². The molecule has 0 N–H and O–H groups in total. The van der Waals surface area contributed by atoms with Crippen molar-refractivity contribution in [1.29, 1.82) is 0 Å². The van der Waals surface area contributed by atoms with Crippen LogP contribution in [0.15, 0.2) is 3.96 Å². The first kappa shape index (κ1) is 6.32. The van der Waals surface area contributed by atoms with E-state index >= 15 is 0 Å². The Hall–Kier alpha value is 0.319. The molecule has 0 saturated carbocycles. The van der Waals surface area contributed by atoms with Crippen LogP contribution in [0.4, 0.5) is 0 Å². The number of unbranched alkanes of at least 4 members (excludes halogenated alkanes) is 1. The zero-order chi connectivity index (χ0) is 4.83. The molecular formula is C4H9CuN. The van der Waals surface area contributed by atoms with E-state index in [1.54, 1.807) is 0 Å². The molecule has 0 rings (SSSR count). The van der Waals surface area contributed by atoms with Crippen LogP contribution in [-0.2, 0) is 15.8 Å². The van der Waals surface area contributed by atoms with E-state index < -0.39 is 0 Å². The van der Waals surface area contributed by atoms with E-state index in [0.717, 1.165) is 13.0 Å². The van der Waals surface area contributed by atoms with Crippen molar-refractivity contribution in [2.24, 2.45) is 3.96 Å². The van der Waals surface area contributed by atoms with Crippen molar-refractivity contribution in [3.63, 3.8) is 0 Å². The molecule has 0 bridgehead atoms. The molecule has 0 aromatic rings. The summed E-state index contributed by atoms with van der Waals surface area (Å²) in [5.41, 5.74) is 0. The predicted octanol–water partition coefficient (Wildman–Crippen LogP) is 1.52. The van der Waals surface area contributed by atoms with Crippen molar-refractivity contribution in [2.75, 3.05) is 6.54 Å². The second-order valence-corrected chi connectivity index (χ2v) is 1.47. The molecule has 0 unspecified atom stereocenters. The zero-order valence-corrected chi connectivity index (χ0v) is 4.81. The average molecular weight is 135 g/mol. The van der Waals surface area contributed by atoms with E-state index in [4.69, 9.17) is 0 Å². The van der Waals surface area contributed by atoms with Crippen LogP contribution in [0.2, 0.25) is 0 Å². The van der Waals surface area contributed by atoms with E-state index in [1.807, 2.05) is 0 Å². The fourth-order valence-electron chi connectivity index (χ4n) is 0.206. The van der Waals surface area contributed by atoms with Gasteiger partial charge in [-0.15, -0.1) is 0 Å². The Bertz CT molecular complexity index is 36.5. The molecule has 6 heavy (non-hydrogen) atoms. The SMILES string of the molecule is CCCC[N]=[Cu]. The minimum atomic E-state index is 0.844. The van der Waals surface area contributed by atoms with Crippen LogP contribution >= 0.6 is 0 Å². The Morgan fingerprint density at radius 2 is 2.33 bits per heavy atom. The van der Waals surface area contributed by atoms with Gasteiger partial charge in [-0.3, -0.25) is 0 Å². The fourth-order valence-corrected chi connectivity index (χ4v) is 0.355. The van der Waals surface area contributed by atoms with Gasteiger partial charge < -0.3 is 0 Å². The summed E-state index contributed by atoms with van der Waals surface area (Å²) >= 11 is 4.47. The van der Waals surface area contributed by atoms with Crippen LogP contribution in [0.5, 0.6) is 0 Å². The maximum absolute atomic E-state index is 4.47. The van der Waals surface area contributed by atoms with Crippen LogP contribution in [0.25, 0.3) is 0 Å². The van der Waals surface area contributed by atoms with E-state index in [1.165, 1.54) is 6.42 Å². The average Bonchev–Trinajstić information content (AvgIpc) is 1.61. The van der Waals surface area contributed by atoms with Crippen LogP contribution < -0.4 is 0 Å².